The number of allylic oxidation sites excluding steroid dienone is 2. The van der Waals surface area contributed by atoms with E-state index in [1.807, 2.05) is 13.2 Å². The first-order valence-corrected chi connectivity index (χ1v) is 7.83. The van der Waals surface area contributed by atoms with Crippen molar-refractivity contribution in [3.8, 4) is 5.69 Å². The highest BCUT2D eigenvalue weighted by molar-refractivity contribution is 5.78. The van der Waals surface area contributed by atoms with Crippen LogP contribution < -0.4 is 0 Å². The van der Waals surface area contributed by atoms with E-state index in [4.69, 9.17) is 0 Å². The van der Waals surface area contributed by atoms with E-state index in [1.54, 1.807) is 27.9 Å². The molecular formula is C18H20FN3O. The molecule has 5 heteroatoms. The van der Waals surface area contributed by atoms with E-state index in [2.05, 4.69) is 17.3 Å². The van der Waals surface area contributed by atoms with Crippen LogP contribution in [0.25, 0.3) is 5.69 Å². The maximum absolute atomic E-state index is 13.0. The summed E-state index contributed by atoms with van der Waals surface area (Å²) in [7, 11) is 1.83. The van der Waals surface area contributed by atoms with Gasteiger partial charge in [-0.25, -0.2) is 9.07 Å². The van der Waals surface area contributed by atoms with Crippen molar-refractivity contribution in [2.75, 3.05) is 7.05 Å². The average Bonchev–Trinajstić information content (AvgIpc) is 3.04. The van der Waals surface area contributed by atoms with Crippen molar-refractivity contribution in [2.45, 2.75) is 25.8 Å². The average molecular weight is 313 g/mol. The van der Waals surface area contributed by atoms with E-state index >= 15 is 0 Å². The third-order valence-corrected chi connectivity index (χ3v) is 4.14. The van der Waals surface area contributed by atoms with Crippen molar-refractivity contribution in [3.05, 3.63) is 60.2 Å². The van der Waals surface area contributed by atoms with Crippen LogP contribution in [0.5, 0.6) is 0 Å². The highest BCUT2D eigenvalue weighted by atomic mass is 19.1. The number of amides is 1. The Bertz CT molecular complexity index is 705. The highest BCUT2D eigenvalue weighted by Crippen LogP contribution is 2.21. The topological polar surface area (TPSA) is 38.1 Å². The number of benzene rings is 1. The zero-order chi connectivity index (χ0) is 16.2. The minimum absolute atomic E-state index is 0.0946. The minimum atomic E-state index is -0.270. The van der Waals surface area contributed by atoms with E-state index in [-0.39, 0.29) is 17.6 Å². The second kappa shape index (κ2) is 6.77. The lowest BCUT2D eigenvalue weighted by atomic mass is 9.93. The van der Waals surface area contributed by atoms with Crippen LogP contribution in [-0.4, -0.2) is 27.6 Å². The SMILES string of the molecule is CN(Cc1cnn(-c2ccc(F)cc2)c1)C(=O)[C@@H]1CC=CCC1. The molecule has 120 valence electrons. The van der Waals surface area contributed by atoms with E-state index < -0.39 is 0 Å². The molecule has 23 heavy (non-hydrogen) atoms. The fourth-order valence-electron chi connectivity index (χ4n) is 2.86. The summed E-state index contributed by atoms with van der Waals surface area (Å²) in [5.74, 6) is 0.00835. The second-order valence-corrected chi connectivity index (χ2v) is 5.95. The molecule has 3 rings (SSSR count). The van der Waals surface area contributed by atoms with Crippen LogP contribution in [0, 0.1) is 11.7 Å². The van der Waals surface area contributed by atoms with Gasteiger partial charge in [-0.15, -0.1) is 0 Å². The van der Waals surface area contributed by atoms with Crippen LogP contribution in [0.1, 0.15) is 24.8 Å². The molecule has 1 aromatic carbocycles. The van der Waals surface area contributed by atoms with Crippen molar-refractivity contribution >= 4 is 5.91 Å². The van der Waals surface area contributed by atoms with Crippen molar-refractivity contribution in [2.24, 2.45) is 5.92 Å². The Kier molecular flexibility index (Phi) is 4.55. The van der Waals surface area contributed by atoms with Gasteiger partial charge in [-0.05, 0) is 43.5 Å². The van der Waals surface area contributed by atoms with Gasteiger partial charge in [0.15, 0.2) is 0 Å². The zero-order valence-electron chi connectivity index (χ0n) is 13.2. The number of nitrogens with zero attached hydrogens (tertiary/aromatic N) is 3. The fourth-order valence-corrected chi connectivity index (χ4v) is 2.86. The van der Waals surface area contributed by atoms with Crippen molar-refractivity contribution in [1.82, 2.24) is 14.7 Å². The van der Waals surface area contributed by atoms with Gasteiger partial charge < -0.3 is 4.90 Å². The van der Waals surface area contributed by atoms with Crippen LogP contribution in [0.2, 0.25) is 0 Å². The standard InChI is InChI=1S/C18H20FN3O/c1-21(18(23)15-5-3-2-4-6-15)12-14-11-20-22(13-14)17-9-7-16(19)8-10-17/h2-3,7-11,13,15H,4-6,12H2,1H3/t15-/m1/s1. The number of carbonyl (C=O) groups excluding carboxylic acids is 1. The number of hydrogen-bond donors (Lipinski definition) is 0. The molecule has 0 aliphatic heterocycles. The second-order valence-electron chi connectivity index (χ2n) is 5.95. The number of aromatic nitrogens is 2. The Hall–Kier alpha value is -2.43. The third-order valence-electron chi connectivity index (χ3n) is 4.14. The van der Waals surface area contributed by atoms with Crippen molar-refractivity contribution < 1.29 is 9.18 Å². The van der Waals surface area contributed by atoms with Crippen molar-refractivity contribution in [3.63, 3.8) is 0 Å². The molecule has 0 saturated heterocycles. The lowest BCUT2D eigenvalue weighted by Gasteiger charge is -2.24. The summed E-state index contributed by atoms with van der Waals surface area (Å²) in [5.41, 5.74) is 1.75. The predicted octanol–water partition coefficient (Wildman–Crippen LogP) is 3.33. The lowest BCUT2D eigenvalue weighted by Crippen LogP contribution is -2.32. The van der Waals surface area contributed by atoms with Gasteiger partial charge in [0.2, 0.25) is 5.91 Å². The molecular weight excluding hydrogens is 293 g/mol. The lowest BCUT2D eigenvalue weighted by molar-refractivity contribution is -0.135. The van der Waals surface area contributed by atoms with Crippen LogP contribution in [0.3, 0.4) is 0 Å². The zero-order valence-corrected chi connectivity index (χ0v) is 13.2. The summed E-state index contributed by atoms with van der Waals surface area (Å²) in [6.07, 6.45) is 10.6. The molecule has 1 amide bonds. The van der Waals surface area contributed by atoms with Crippen LogP contribution in [0.4, 0.5) is 4.39 Å². The molecule has 1 aliphatic rings. The Morgan fingerprint density at radius 1 is 1.35 bits per heavy atom. The number of carbonyl (C=O) groups is 1. The summed E-state index contributed by atoms with van der Waals surface area (Å²) in [6.45, 7) is 0.528. The van der Waals surface area contributed by atoms with Gasteiger partial charge in [-0.3, -0.25) is 4.79 Å². The van der Waals surface area contributed by atoms with E-state index in [0.29, 0.717) is 6.54 Å². The maximum Gasteiger partial charge on any atom is 0.226 e. The first-order valence-electron chi connectivity index (χ1n) is 7.83. The van der Waals surface area contributed by atoms with E-state index in [1.165, 1.54) is 12.1 Å². The Labute approximate surface area is 135 Å². The molecule has 0 N–H and O–H groups in total. The smallest absolute Gasteiger partial charge is 0.226 e. The predicted molar refractivity (Wildman–Crippen MR) is 86.5 cm³/mol. The number of halogens is 1. The Morgan fingerprint density at radius 2 is 2.13 bits per heavy atom. The van der Waals surface area contributed by atoms with Gasteiger partial charge in [-0.2, -0.15) is 5.10 Å². The molecule has 0 saturated carbocycles. The summed E-state index contributed by atoms with van der Waals surface area (Å²) in [4.78, 5) is 14.2. The molecule has 0 bridgehead atoms. The molecule has 0 unspecified atom stereocenters. The summed E-state index contributed by atoms with van der Waals surface area (Å²) < 4.78 is 14.7. The highest BCUT2D eigenvalue weighted by Gasteiger charge is 2.22. The summed E-state index contributed by atoms with van der Waals surface area (Å²) in [5, 5.41) is 4.29. The Morgan fingerprint density at radius 3 is 2.83 bits per heavy atom. The molecule has 1 aliphatic carbocycles. The molecule has 2 aromatic rings. The molecule has 4 nitrogen and oxygen atoms in total. The van der Waals surface area contributed by atoms with E-state index in [0.717, 1.165) is 30.5 Å². The summed E-state index contributed by atoms with van der Waals surface area (Å²) in [6, 6.07) is 6.16. The molecule has 0 radical (unpaired) electrons. The monoisotopic (exact) mass is 313 g/mol. The molecule has 1 atom stereocenters. The van der Waals surface area contributed by atoms with Gasteiger partial charge in [-0.1, -0.05) is 12.2 Å². The quantitative estimate of drug-likeness (QED) is 0.812. The maximum atomic E-state index is 13.0. The molecule has 0 spiro atoms. The first kappa shape index (κ1) is 15.5. The largest absolute Gasteiger partial charge is 0.341 e. The minimum Gasteiger partial charge on any atom is -0.341 e. The number of rotatable bonds is 4. The molecule has 1 aromatic heterocycles. The normalized spacial score (nSPS) is 17.2. The van der Waals surface area contributed by atoms with Crippen LogP contribution in [0.15, 0.2) is 48.8 Å². The van der Waals surface area contributed by atoms with Crippen LogP contribution in [-0.2, 0) is 11.3 Å². The van der Waals surface area contributed by atoms with Gasteiger partial charge in [0, 0.05) is 31.3 Å². The molecule has 0 fully saturated rings. The summed E-state index contributed by atoms with van der Waals surface area (Å²) >= 11 is 0. The van der Waals surface area contributed by atoms with E-state index in [9.17, 15) is 9.18 Å². The van der Waals surface area contributed by atoms with Crippen LogP contribution >= 0.6 is 0 Å². The Balaban J connectivity index is 1.65. The van der Waals surface area contributed by atoms with Gasteiger partial charge in [0.25, 0.3) is 0 Å². The van der Waals surface area contributed by atoms with Gasteiger partial charge in [0.1, 0.15) is 5.82 Å². The van der Waals surface area contributed by atoms with Gasteiger partial charge in [0.05, 0.1) is 11.9 Å². The fraction of sp³-hybridized carbons (Fsp3) is 0.333. The first-order chi connectivity index (χ1) is 11.1. The third kappa shape index (κ3) is 3.67. The molecule has 1 heterocycles. The van der Waals surface area contributed by atoms with Crippen molar-refractivity contribution in [1.29, 1.82) is 0 Å². The number of hydrogen-bond acceptors (Lipinski definition) is 2. The van der Waals surface area contributed by atoms with Gasteiger partial charge >= 0.3 is 0 Å².